The Hall–Kier alpha value is -0.410. The first-order chi connectivity index (χ1) is 6.57. The molecule has 0 aromatic rings. The Morgan fingerprint density at radius 1 is 1.36 bits per heavy atom. The second-order valence-electron chi connectivity index (χ2n) is 4.02. The first-order valence-electron chi connectivity index (χ1n) is 5.28. The SMILES string of the molecule is COCCN(C)CCCC(=O)C(C)C. The lowest BCUT2D eigenvalue weighted by Gasteiger charge is -2.15. The zero-order chi connectivity index (χ0) is 11.0. The van der Waals surface area contributed by atoms with Gasteiger partial charge in [-0.3, -0.25) is 4.79 Å². The van der Waals surface area contributed by atoms with Crippen LogP contribution in [0.1, 0.15) is 26.7 Å². The van der Waals surface area contributed by atoms with Crippen LogP contribution in [0.25, 0.3) is 0 Å². The number of ether oxygens (including phenoxy) is 1. The minimum atomic E-state index is 0.180. The van der Waals surface area contributed by atoms with E-state index in [9.17, 15) is 4.79 Å². The predicted molar refractivity (Wildman–Crippen MR) is 58.5 cm³/mol. The van der Waals surface area contributed by atoms with E-state index in [2.05, 4.69) is 11.9 Å². The van der Waals surface area contributed by atoms with E-state index >= 15 is 0 Å². The zero-order valence-electron chi connectivity index (χ0n) is 9.88. The van der Waals surface area contributed by atoms with Crippen LogP contribution in [0.5, 0.6) is 0 Å². The van der Waals surface area contributed by atoms with Gasteiger partial charge in [0.2, 0.25) is 0 Å². The Morgan fingerprint density at radius 2 is 2.00 bits per heavy atom. The molecule has 0 bridgehead atoms. The van der Waals surface area contributed by atoms with Crippen molar-refractivity contribution in [2.45, 2.75) is 26.7 Å². The number of likely N-dealkylation sites (N-methyl/N-ethyl adjacent to an activating group) is 1. The molecule has 0 aliphatic carbocycles. The van der Waals surface area contributed by atoms with Crippen LogP contribution in [-0.2, 0) is 9.53 Å². The van der Waals surface area contributed by atoms with Gasteiger partial charge in [0.1, 0.15) is 5.78 Å². The maximum absolute atomic E-state index is 11.3. The van der Waals surface area contributed by atoms with Crippen LogP contribution in [-0.4, -0.2) is 44.5 Å². The molecule has 0 fully saturated rings. The number of hydrogen-bond donors (Lipinski definition) is 0. The summed E-state index contributed by atoms with van der Waals surface area (Å²) in [4.78, 5) is 13.5. The minimum absolute atomic E-state index is 0.180. The number of carbonyl (C=O) groups is 1. The third-order valence-electron chi connectivity index (χ3n) is 2.28. The standard InChI is InChI=1S/C11H23NO2/c1-10(2)11(13)6-5-7-12(3)8-9-14-4/h10H,5-9H2,1-4H3. The first-order valence-corrected chi connectivity index (χ1v) is 5.28. The van der Waals surface area contributed by atoms with E-state index in [1.54, 1.807) is 7.11 Å². The fourth-order valence-electron chi connectivity index (χ4n) is 1.17. The van der Waals surface area contributed by atoms with Crippen LogP contribution in [0.15, 0.2) is 0 Å². The second kappa shape index (κ2) is 7.94. The van der Waals surface area contributed by atoms with E-state index in [0.29, 0.717) is 12.2 Å². The fourth-order valence-corrected chi connectivity index (χ4v) is 1.17. The molecule has 0 aromatic carbocycles. The molecule has 14 heavy (non-hydrogen) atoms. The summed E-state index contributed by atoms with van der Waals surface area (Å²) in [6.45, 7) is 6.58. The number of rotatable bonds is 8. The third-order valence-corrected chi connectivity index (χ3v) is 2.28. The number of nitrogens with zero attached hydrogens (tertiary/aromatic N) is 1. The van der Waals surface area contributed by atoms with E-state index in [4.69, 9.17) is 4.74 Å². The van der Waals surface area contributed by atoms with Crippen LogP contribution in [0.3, 0.4) is 0 Å². The summed E-state index contributed by atoms with van der Waals surface area (Å²) in [7, 11) is 3.76. The highest BCUT2D eigenvalue weighted by Crippen LogP contribution is 2.02. The van der Waals surface area contributed by atoms with Crippen molar-refractivity contribution < 1.29 is 9.53 Å². The molecule has 0 unspecified atom stereocenters. The molecule has 0 rings (SSSR count). The van der Waals surface area contributed by atoms with Crippen molar-refractivity contribution in [3.8, 4) is 0 Å². The van der Waals surface area contributed by atoms with E-state index in [-0.39, 0.29) is 5.92 Å². The Bertz CT molecular complexity index is 157. The quantitative estimate of drug-likeness (QED) is 0.597. The van der Waals surface area contributed by atoms with Crippen molar-refractivity contribution in [2.24, 2.45) is 5.92 Å². The molecule has 0 N–H and O–H groups in total. The van der Waals surface area contributed by atoms with Gasteiger partial charge in [-0.1, -0.05) is 13.8 Å². The second-order valence-corrected chi connectivity index (χ2v) is 4.02. The van der Waals surface area contributed by atoms with Crippen LogP contribution >= 0.6 is 0 Å². The molecule has 0 radical (unpaired) electrons. The van der Waals surface area contributed by atoms with Crippen molar-refractivity contribution in [3.05, 3.63) is 0 Å². The van der Waals surface area contributed by atoms with Gasteiger partial charge < -0.3 is 9.64 Å². The molecule has 3 nitrogen and oxygen atoms in total. The largest absolute Gasteiger partial charge is 0.383 e. The highest BCUT2D eigenvalue weighted by molar-refractivity contribution is 5.80. The van der Waals surface area contributed by atoms with Crippen molar-refractivity contribution in [1.29, 1.82) is 0 Å². The average molecular weight is 201 g/mol. The summed E-state index contributed by atoms with van der Waals surface area (Å²) in [5.74, 6) is 0.546. The highest BCUT2D eigenvalue weighted by atomic mass is 16.5. The lowest BCUT2D eigenvalue weighted by molar-refractivity contribution is -0.122. The average Bonchev–Trinajstić information content (AvgIpc) is 2.14. The van der Waals surface area contributed by atoms with Crippen LogP contribution in [0.4, 0.5) is 0 Å². The minimum Gasteiger partial charge on any atom is -0.383 e. The molecule has 0 aromatic heterocycles. The van der Waals surface area contributed by atoms with Gasteiger partial charge >= 0.3 is 0 Å². The number of Topliss-reactive ketones (excluding diaryl/α,β-unsaturated/α-hetero) is 1. The summed E-state index contributed by atoms with van der Waals surface area (Å²) in [5.41, 5.74) is 0. The molecule has 0 spiro atoms. The number of hydrogen-bond acceptors (Lipinski definition) is 3. The van der Waals surface area contributed by atoms with Crippen molar-refractivity contribution in [1.82, 2.24) is 4.90 Å². The van der Waals surface area contributed by atoms with Crippen molar-refractivity contribution in [2.75, 3.05) is 33.9 Å². The molecule has 0 atom stereocenters. The number of methoxy groups -OCH3 is 1. The van der Waals surface area contributed by atoms with E-state index in [0.717, 1.165) is 26.1 Å². The lowest BCUT2D eigenvalue weighted by Crippen LogP contribution is -2.24. The Balaban J connectivity index is 3.39. The molecule has 0 aliphatic rings. The maximum Gasteiger partial charge on any atom is 0.135 e. The summed E-state index contributed by atoms with van der Waals surface area (Å²) in [6.07, 6.45) is 1.66. The monoisotopic (exact) mass is 201 g/mol. The molecule has 0 amide bonds. The third kappa shape index (κ3) is 7.04. The molecular formula is C11H23NO2. The topological polar surface area (TPSA) is 29.5 Å². The molecule has 0 saturated carbocycles. The van der Waals surface area contributed by atoms with Gasteiger partial charge in [0, 0.05) is 26.0 Å². The van der Waals surface area contributed by atoms with Crippen molar-refractivity contribution in [3.63, 3.8) is 0 Å². The summed E-state index contributed by atoms with van der Waals surface area (Å²) < 4.78 is 4.97. The summed E-state index contributed by atoms with van der Waals surface area (Å²) >= 11 is 0. The Morgan fingerprint density at radius 3 is 2.50 bits per heavy atom. The Kier molecular flexibility index (Phi) is 7.71. The fraction of sp³-hybridized carbons (Fsp3) is 0.909. The predicted octanol–water partition coefficient (Wildman–Crippen LogP) is 1.57. The van der Waals surface area contributed by atoms with Gasteiger partial charge in [-0.05, 0) is 20.0 Å². The summed E-state index contributed by atoms with van der Waals surface area (Å²) in [5, 5.41) is 0. The molecule has 3 heteroatoms. The van der Waals surface area contributed by atoms with E-state index < -0.39 is 0 Å². The van der Waals surface area contributed by atoms with E-state index in [1.807, 2.05) is 13.8 Å². The van der Waals surface area contributed by atoms with Gasteiger partial charge in [-0.25, -0.2) is 0 Å². The molecule has 0 heterocycles. The lowest BCUT2D eigenvalue weighted by atomic mass is 10.0. The maximum atomic E-state index is 11.3. The highest BCUT2D eigenvalue weighted by Gasteiger charge is 2.06. The normalized spacial score (nSPS) is 11.3. The van der Waals surface area contributed by atoms with Gasteiger partial charge in [0.05, 0.1) is 6.61 Å². The molecule has 84 valence electrons. The van der Waals surface area contributed by atoms with Crippen LogP contribution in [0, 0.1) is 5.92 Å². The molecule has 0 saturated heterocycles. The van der Waals surface area contributed by atoms with Gasteiger partial charge in [-0.2, -0.15) is 0 Å². The molecule has 0 aliphatic heterocycles. The van der Waals surface area contributed by atoms with Gasteiger partial charge in [0.15, 0.2) is 0 Å². The van der Waals surface area contributed by atoms with Gasteiger partial charge in [-0.15, -0.1) is 0 Å². The number of ketones is 1. The number of carbonyl (C=O) groups excluding carboxylic acids is 1. The summed E-state index contributed by atoms with van der Waals surface area (Å²) in [6, 6.07) is 0. The molecular weight excluding hydrogens is 178 g/mol. The smallest absolute Gasteiger partial charge is 0.135 e. The van der Waals surface area contributed by atoms with Crippen LogP contribution in [0.2, 0.25) is 0 Å². The van der Waals surface area contributed by atoms with Gasteiger partial charge in [0.25, 0.3) is 0 Å². The van der Waals surface area contributed by atoms with Crippen LogP contribution < -0.4 is 0 Å². The zero-order valence-corrected chi connectivity index (χ0v) is 9.88. The van der Waals surface area contributed by atoms with E-state index in [1.165, 1.54) is 0 Å². The Labute approximate surface area is 87.4 Å². The van der Waals surface area contributed by atoms with Crippen molar-refractivity contribution >= 4 is 5.78 Å². The first kappa shape index (κ1) is 13.6.